The third-order valence-electron chi connectivity index (χ3n) is 3.21. The van der Waals surface area contributed by atoms with E-state index in [1.165, 1.54) is 0 Å². The molecule has 88 valence electrons. The third-order valence-corrected chi connectivity index (χ3v) is 3.21. The molecule has 0 spiro atoms. The molecule has 2 aliphatic rings. The van der Waals surface area contributed by atoms with Gasteiger partial charge in [-0.25, -0.2) is 4.79 Å². The lowest BCUT2D eigenvalue weighted by molar-refractivity contribution is -0.143. The summed E-state index contributed by atoms with van der Waals surface area (Å²) in [6.07, 6.45) is 2.95. The lowest BCUT2D eigenvalue weighted by atomic mass is 9.75. The molecule has 0 N–H and O–H groups in total. The second-order valence-electron chi connectivity index (χ2n) is 5.18. The number of allylic oxidation sites excluding steroid dienone is 1. The predicted octanol–water partition coefficient (Wildman–Crippen LogP) is 2.85. The zero-order valence-corrected chi connectivity index (χ0v) is 10.1. The first kappa shape index (κ1) is 11.3. The molecule has 1 atom stereocenters. The highest BCUT2D eigenvalue weighted by Gasteiger charge is 2.38. The molecule has 0 saturated heterocycles. The molecule has 0 fully saturated rings. The molecule has 0 aromatic carbocycles. The van der Waals surface area contributed by atoms with Crippen LogP contribution in [0.1, 0.15) is 40.0 Å². The van der Waals surface area contributed by atoms with Crippen LogP contribution in [0.4, 0.5) is 0 Å². The fourth-order valence-corrected chi connectivity index (χ4v) is 2.30. The fourth-order valence-electron chi connectivity index (χ4n) is 2.30. The van der Waals surface area contributed by atoms with E-state index < -0.39 is 6.04 Å². The monoisotopic (exact) mass is 222 g/mol. The third kappa shape index (κ3) is 2.01. The van der Waals surface area contributed by atoms with Crippen LogP contribution in [-0.4, -0.2) is 18.6 Å². The first-order chi connectivity index (χ1) is 7.53. The topological polar surface area (TPSA) is 51.0 Å². The first-order valence-electron chi connectivity index (χ1n) is 5.83. The Morgan fingerprint density at radius 1 is 1.56 bits per heavy atom. The molecule has 1 aliphatic carbocycles. The number of hydrogen-bond donors (Lipinski definition) is 0. The summed E-state index contributed by atoms with van der Waals surface area (Å²) in [5.74, 6) is -0.256. The lowest BCUT2D eigenvalue weighted by Gasteiger charge is -2.30. The van der Waals surface area contributed by atoms with Gasteiger partial charge in [0.1, 0.15) is 0 Å². The number of nitrogens with zero attached hydrogens (tertiary/aromatic N) is 2. The summed E-state index contributed by atoms with van der Waals surface area (Å²) < 4.78 is 5.02. The summed E-state index contributed by atoms with van der Waals surface area (Å²) in [4.78, 5) is 11.7. The van der Waals surface area contributed by atoms with Crippen LogP contribution in [0.15, 0.2) is 21.5 Å². The molecule has 2 rings (SSSR count). The van der Waals surface area contributed by atoms with Gasteiger partial charge < -0.3 is 4.74 Å². The minimum atomic E-state index is -0.463. The van der Waals surface area contributed by atoms with Gasteiger partial charge in [-0.3, -0.25) is 0 Å². The molecule has 0 aromatic rings. The van der Waals surface area contributed by atoms with Crippen molar-refractivity contribution < 1.29 is 9.53 Å². The Balaban J connectivity index is 2.17. The number of carbonyl (C=O) groups excluding carboxylic acids is 1. The van der Waals surface area contributed by atoms with E-state index in [4.69, 9.17) is 4.74 Å². The van der Waals surface area contributed by atoms with E-state index in [0.29, 0.717) is 6.61 Å². The number of ether oxygens (including phenoxy) is 1. The van der Waals surface area contributed by atoms with Gasteiger partial charge in [-0.15, -0.1) is 0 Å². The maximum Gasteiger partial charge on any atom is 0.337 e. The van der Waals surface area contributed by atoms with E-state index in [1.807, 2.05) is 6.92 Å². The predicted molar refractivity (Wildman–Crippen MR) is 59.9 cm³/mol. The minimum absolute atomic E-state index is 0.249. The zero-order chi connectivity index (χ0) is 11.8. The highest BCUT2D eigenvalue weighted by Crippen LogP contribution is 2.43. The SMILES string of the molecule is CCOC(=O)[C@H]1N=NC2=C1CC(C)(C)CC2. The number of rotatable bonds is 2. The van der Waals surface area contributed by atoms with Gasteiger partial charge in [0.25, 0.3) is 0 Å². The molecule has 0 amide bonds. The molecule has 0 bridgehead atoms. The molecular formula is C12H18N2O2. The van der Waals surface area contributed by atoms with Gasteiger partial charge in [0.15, 0.2) is 6.04 Å². The Morgan fingerprint density at radius 3 is 3.00 bits per heavy atom. The maximum atomic E-state index is 11.7. The van der Waals surface area contributed by atoms with E-state index >= 15 is 0 Å². The zero-order valence-electron chi connectivity index (χ0n) is 10.1. The van der Waals surface area contributed by atoms with Crippen molar-refractivity contribution in [3.63, 3.8) is 0 Å². The fraction of sp³-hybridized carbons (Fsp3) is 0.750. The van der Waals surface area contributed by atoms with Crippen molar-refractivity contribution in [2.24, 2.45) is 15.6 Å². The first-order valence-corrected chi connectivity index (χ1v) is 5.83. The van der Waals surface area contributed by atoms with Gasteiger partial charge in [0, 0.05) is 0 Å². The van der Waals surface area contributed by atoms with Crippen LogP contribution in [0.2, 0.25) is 0 Å². The Kier molecular flexibility index (Phi) is 2.82. The summed E-state index contributed by atoms with van der Waals surface area (Å²) in [6.45, 7) is 6.65. The molecule has 0 aromatic heterocycles. The van der Waals surface area contributed by atoms with E-state index in [0.717, 1.165) is 30.5 Å². The number of carbonyl (C=O) groups is 1. The van der Waals surface area contributed by atoms with Gasteiger partial charge in [-0.05, 0) is 37.2 Å². The summed E-state index contributed by atoms with van der Waals surface area (Å²) in [6, 6.07) is -0.463. The van der Waals surface area contributed by atoms with Crippen LogP contribution < -0.4 is 0 Å². The minimum Gasteiger partial charge on any atom is -0.464 e. The normalized spacial score (nSPS) is 26.8. The molecular weight excluding hydrogens is 204 g/mol. The molecule has 4 nitrogen and oxygen atoms in total. The van der Waals surface area contributed by atoms with Crippen molar-refractivity contribution in [1.29, 1.82) is 0 Å². The van der Waals surface area contributed by atoms with Crippen LogP contribution in [0, 0.1) is 5.41 Å². The van der Waals surface area contributed by atoms with Crippen molar-refractivity contribution in [3.8, 4) is 0 Å². The maximum absolute atomic E-state index is 11.7. The van der Waals surface area contributed by atoms with Gasteiger partial charge in [0.05, 0.1) is 12.3 Å². The molecule has 4 heteroatoms. The molecule has 0 unspecified atom stereocenters. The average molecular weight is 222 g/mol. The second-order valence-corrected chi connectivity index (χ2v) is 5.18. The quantitative estimate of drug-likeness (QED) is 0.674. The molecule has 16 heavy (non-hydrogen) atoms. The lowest BCUT2D eigenvalue weighted by Crippen LogP contribution is -2.27. The largest absolute Gasteiger partial charge is 0.464 e. The van der Waals surface area contributed by atoms with Crippen molar-refractivity contribution in [2.75, 3.05) is 6.61 Å². The molecule has 1 aliphatic heterocycles. The summed E-state index contributed by atoms with van der Waals surface area (Å²) in [5, 5.41) is 8.15. The van der Waals surface area contributed by atoms with Gasteiger partial charge in [-0.1, -0.05) is 13.8 Å². The molecule has 1 heterocycles. The van der Waals surface area contributed by atoms with Crippen molar-refractivity contribution in [1.82, 2.24) is 0 Å². The Bertz CT molecular complexity index is 369. The van der Waals surface area contributed by atoms with Crippen molar-refractivity contribution >= 4 is 5.97 Å². The van der Waals surface area contributed by atoms with Crippen LogP contribution in [-0.2, 0) is 9.53 Å². The summed E-state index contributed by atoms with van der Waals surface area (Å²) >= 11 is 0. The van der Waals surface area contributed by atoms with Crippen molar-refractivity contribution in [3.05, 3.63) is 11.3 Å². The van der Waals surface area contributed by atoms with Crippen molar-refractivity contribution in [2.45, 2.75) is 46.1 Å². The highest BCUT2D eigenvalue weighted by atomic mass is 16.5. The average Bonchev–Trinajstić information content (AvgIpc) is 2.59. The van der Waals surface area contributed by atoms with Crippen LogP contribution in [0.3, 0.4) is 0 Å². The smallest absolute Gasteiger partial charge is 0.337 e. The number of azo groups is 1. The van der Waals surface area contributed by atoms with Crippen LogP contribution >= 0.6 is 0 Å². The number of esters is 1. The van der Waals surface area contributed by atoms with E-state index in [2.05, 4.69) is 24.1 Å². The Morgan fingerprint density at radius 2 is 2.31 bits per heavy atom. The standard InChI is InChI=1S/C12H18N2O2/c1-4-16-11(15)10-8-7-12(2,3)6-5-9(8)13-14-10/h10H,4-7H2,1-3H3/t10-/m0/s1. The van der Waals surface area contributed by atoms with E-state index in [9.17, 15) is 4.79 Å². The highest BCUT2D eigenvalue weighted by molar-refractivity contribution is 5.80. The van der Waals surface area contributed by atoms with Crippen LogP contribution in [0.25, 0.3) is 0 Å². The van der Waals surface area contributed by atoms with Gasteiger partial charge >= 0.3 is 5.97 Å². The van der Waals surface area contributed by atoms with Gasteiger partial charge in [-0.2, -0.15) is 10.2 Å². The summed E-state index contributed by atoms with van der Waals surface area (Å²) in [7, 11) is 0. The van der Waals surface area contributed by atoms with E-state index in [1.54, 1.807) is 0 Å². The Labute approximate surface area is 95.8 Å². The van der Waals surface area contributed by atoms with Crippen LogP contribution in [0.5, 0.6) is 0 Å². The Hall–Kier alpha value is -1.19. The van der Waals surface area contributed by atoms with Gasteiger partial charge in [0.2, 0.25) is 0 Å². The number of hydrogen-bond acceptors (Lipinski definition) is 4. The second kappa shape index (κ2) is 4.00. The molecule has 0 radical (unpaired) electrons. The summed E-state index contributed by atoms with van der Waals surface area (Å²) in [5.41, 5.74) is 2.34. The molecule has 0 saturated carbocycles. The van der Waals surface area contributed by atoms with E-state index in [-0.39, 0.29) is 11.4 Å².